The topological polar surface area (TPSA) is 15.7 Å². The van der Waals surface area contributed by atoms with Gasteiger partial charge in [0.1, 0.15) is 0 Å². The highest BCUT2D eigenvalue weighted by Crippen LogP contribution is 2.30. The lowest BCUT2D eigenvalue weighted by molar-refractivity contribution is 0.109. The van der Waals surface area contributed by atoms with Crippen molar-refractivity contribution < 1.29 is 4.74 Å². The number of hydrogen-bond donors (Lipinski definition) is 0. The Labute approximate surface area is 157 Å². The third-order valence-electron chi connectivity index (χ3n) is 7.13. The van der Waals surface area contributed by atoms with E-state index in [9.17, 15) is 0 Å². The lowest BCUT2D eigenvalue weighted by Gasteiger charge is -2.32. The second kappa shape index (κ2) is 11.6. The van der Waals surface area contributed by atoms with Crippen molar-refractivity contribution in [1.82, 2.24) is 9.80 Å². The fraction of sp³-hybridized carbons (Fsp3) is 1.00. The summed E-state index contributed by atoms with van der Waals surface area (Å²) >= 11 is 0. The molecule has 1 saturated heterocycles. The molecule has 0 amide bonds. The Kier molecular flexibility index (Phi) is 9.80. The highest BCUT2D eigenvalue weighted by molar-refractivity contribution is 4.79. The lowest BCUT2D eigenvalue weighted by Crippen LogP contribution is -2.38. The standard InChI is InChI=1S/C22H44N2O/c1-19-8-10-22(11-9-20(19)2)24(17-18-25-4)14-6-5-7-21-12-15-23(3)16-13-21/h19-22H,5-18H2,1-4H3/t19-,20+,22-. The van der Waals surface area contributed by atoms with Crippen molar-refractivity contribution in [2.45, 2.75) is 77.7 Å². The van der Waals surface area contributed by atoms with Gasteiger partial charge in [0.2, 0.25) is 0 Å². The van der Waals surface area contributed by atoms with Crippen LogP contribution in [0.2, 0.25) is 0 Å². The van der Waals surface area contributed by atoms with Gasteiger partial charge in [0, 0.05) is 19.7 Å². The fourth-order valence-electron chi connectivity index (χ4n) is 4.77. The number of likely N-dealkylation sites (tertiary alicyclic amines) is 1. The van der Waals surface area contributed by atoms with Crippen molar-refractivity contribution in [3.63, 3.8) is 0 Å². The molecule has 0 N–H and O–H groups in total. The van der Waals surface area contributed by atoms with Crippen LogP contribution < -0.4 is 0 Å². The summed E-state index contributed by atoms with van der Waals surface area (Å²) < 4.78 is 5.40. The average molecular weight is 353 g/mol. The third-order valence-corrected chi connectivity index (χ3v) is 7.13. The van der Waals surface area contributed by atoms with Crippen LogP contribution in [0.3, 0.4) is 0 Å². The van der Waals surface area contributed by atoms with E-state index in [4.69, 9.17) is 4.74 Å². The maximum atomic E-state index is 5.40. The van der Waals surface area contributed by atoms with Gasteiger partial charge in [-0.05, 0) is 89.4 Å². The van der Waals surface area contributed by atoms with Gasteiger partial charge in [-0.3, -0.25) is 4.90 Å². The van der Waals surface area contributed by atoms with E-state index < -0.39 is 0 Å². The van der Waals surface area contributed by atoms with Crippen LogP contribution in [0.4, 0.5) is 0 Å². The quantitative estimate of drug-likeness (QED) is 0.443. The van der Waals surface area contributed by atoms with E-state index in [0.717, 1.165) is 36.9 Å². The maximum Gasteiger partial charge on any atom is 0.0589 e. The van der Waals surface area contributed by atoms with E-state index in [0.29, 0.717) is 0 Å². The van der Waals surface area contributed by atoms with E-state index in [2.05, 4.69) is 30.7 Å². The number of ether oxygens (including phenoxy) is 1. The van der Waals surface area contributed by atoms with Gasteiger partial charge >= 0.3 is 0 Å². The van der Waals surface area contributed by atoms with Crippen LogP contribution in [0, 0.1) is 17.8 Å². The molecular weight excluding hydrogens is 308 g/mol. The first-order valence-corrected chi connectivity index (χ1v) is 11.0. The van der Waals surface area contributed by atoms with Gasteiger partial charge in [-0.2, -0.15) is 0 Å². The van der Waals surface area contributed by atoms with Gasteiger partial charge < -0.3 is 9.64 Å². The molecular formula is C22H44N2O. The molecule has 2 aliphatic rings. The molecule has 0 bridgehead atoms. The van der Waals surface area contributed by atoms with Crippen LogP contribution in [-0.4, -0.2) is 62.8 Å². The van der Waals surface area contributed by atoms with Crippen molar-refractivity contribution in [3.8, 4) is 0 Å². The zero-order valence-corrected chi connectivity index (χ0v) is 17.5. The molecule has 3 nitrogen and oxygen atoms in total. The summed E-state index contributed by atoms with van der Waals surface area (Å²) in [7, 11) is 4.11. The molecule has 0 unspecified atom stereocenters. The SMILES string of the molecule is COCCN(CCCCC1CCN(C)CC1)[C@@H]1CC[C@@H](C)[C@@H](C)CC1. The Balaban J connectivity index is 1.71. The normalized spacial score (nSPS) is 29.9. The third kappa shape index (κ3) is 7.56. The molecule has 148 valence electrons. The van der Waals surface area contributed by atoms with Crippen molar-refractivity contribution in [2.75, 3.05) is 46.9 Å². The van der Waals surface area contributed by atoms with Gasteiger partial charge in [-0.25, -0.2) is 0 Å². The summed E-state index contributed by atoms with van der Waals surface area (Å²) in [4.78, 5) is 5.25. The fourth-order valence-corrected chi connectivity index (χ4v) is 4.77. The summed E-state index contributed by atoms with van der Waals surface area (Å²) in [5, 5.41) is 0. The van der Waals surface area contributed by atoms with Gasteiger partial charge in [0.25, 0.3) is 0 Å². The average Bonchev–Trinajstić information content (AvgIpc) is 2.78. The van der Waals surface area contributed by atoms with E-state index in [1.807, 2.05) is 7.11 Å². The van der Waals surface area contributed by atoms with Crippen LogP contribution in [0.15, 0.2) is 0 Å². The maximum absolute atomic E-state index is 5.40. The minimum absolute atomic E-state index is 0.797. The first-order valence-electron chi connectivity index (χ1n) is 11.0. The molecule has 3 atom stereocenters. The van der Waals surface area contributed by atoms with Crippen molar-refractivity contribution in [3.05, 3.63) is 0 Å². The largest absolute Gasteiger partial charge is 0.383 e. The molecule has 3 heteroatoms. The second-order valence-corrected chi connectivity index (χ2v) is 9.03. The first-order chi connectivity index (χ1) is 12.1. The summed E-state index contributed by atoms with van der Waals surface area (Å²) in [6, 6.07) is 0.797. The number of methoxy groups -OCH3 is 1. The molecule has 1 saturated carbocycles. The Morgan fingerprint density at radius 3 is 2.12 bits per heavy atom. The summed E-state index contributed by atoms with van der Waals surface area (Å²) in [5.41, 5.74) is 0. The molecule has 0 aromatic heterocycles. The minimum atomic E-state index is 0.797. The monoisotopic (exact) mass is 352 g/mol. The second-order valence-electron chi connectivity index (χ2n) is 9.03. The molecule has 0 aromatic rings. The number of rotatable bonds is 9. The molecule has 2 fully saturated rings. The molecule has 1 aliphatic carbocycles. The molecule has 1 heterocycles. The smallest absolute Gasteiger partial charge is 0.0589 e. The van der Waals surface area contributed by atoms with Gasteiger partial charge in [-0.15, -0.1) is 0 Å². The highest BCUT2D eigenvalue weighted by Gasteiger charge is 2.25. The van der Waals surface area contributed by atoms with Crippen LogP contribution in [-0.2, 0) is 4.74 Å². The van der Waals surface area contributed by atoms with Gasteiger partial charge in [0.15, 0.2) is 0 Å². The van der Waals surface area contributed by atoms with E-state index in [1.165, 1.54) is 77.4 Å². The van der Waals surface area contributed by atoms with E-state index in [-0.39, 0.29) is 0 Å². The first kappa shape index (κ1) is 21.2. The summed E-state index contributed by atoms with van der Waals surface area (Å²) in [6.45, 7) is 10.8. The van der Waals surface area contributed by atoms with Gasteiger partial charge in [-0.1, -0.05) is 26.7 Å². The Hall–Kier alpha value is -0.120. The van der Waals surface area contributed by atoms with Crippen molar-refractivity contribution in [1.29, 1.82) is 0 Å². The number of hydrogen-bond acceptors (Lipinski definition) is 3. The molecule has 0 radical (unpaired) electrons. The Morgan fingerprint density at radius 1 is 0.880 bits per heavy atom. The predicted molar refractivity (Wildman–Crippen MR) is 108 cm³/mol. The van der Waals surface area contributed by atoms with Gasteiger partial charge in [0.05, 0.1) is 6.61 Å². The molecule has 2 rings (SSSR count). The number of piperidine rings is 1. The van der Waals surface area contributed by atoms with Crippen LogP contribution in [0.25, 0.3) is 0 Å². The highest BCUT2D eigenvalue weighted by atomic mass is 16.5. The Morgan fingerprint density at radius 2 is 1.52 bits per heavy atom. The predicted octanol–water partition coefficient (Wildman–Crippen LogP) is 4.66. The molecule has 1 aliphatic heterocycles. The van der Waals surface area contributed by atoms with Crippen molar-refractivity contribution in [2.24, 2.45) is 17.8 Å². The number of unbranched alkanes of at least 4 members (excludes halogenated alkanes) is 1. The van der Waals surface area contributed by atoms with Crippen LogP contribution >= 0.6 is 0 Å². The minimum Gasteiger partial charge on any atom is -0.383 e. The molecule has 25 heavy (non-hydrogen) atoms. The van der Waals surface area contributed by atoms with Crippen LogP contribution in [0.1, 0.15) is 71.6 Å². The van der Waals surface area contributed by atoms with E-state index >= 15 is 0 Å². The van der Waals surface area contributed by atoms with E-state index in [1.54, 1.807) is 0 Å². The summed E-state index contributed by atoms with van der Waals surface area (Å²) in [6.07, 6.45) is 12.7. The molecule has 0 aromatic carbocycles. The van der Waals surface area contributed by atoms with Crippen molar-refractivity contribution >= 4 is 0 Å². The van der Waals surface area contributed by atoms with Crippen LogP contribution in [0.5, 0.6) is 0 Å². The zero-order chi connectivity index (χ0) is 18.1. The summed E-state index contributed by atoms with van der Waals surface area (Å²) in [5.74, 6) is 2.79. The number of nitrogens with zero attached hydrogens (tertiary/aromatic N) is 2. The zero-order valence-electron chi connectivity index (χ0n) is 17.5. The molecule has 0 spiro atoms. The lowest BCUT2D eigenvalue weighted by atomic mass is 9.92. The Bertz CT molecular complexity index is 329.